The molecular formula is C12H14ClNO. The molecule has 3 rings (SSSR count). The van der Waals surface area contributed by atoms with Crippen molar-refractivity contribution in [3.8, 4) is 5.75 Å². The maximum absolute atomic E-state index is 6.16. The summed E-state index contributed by atoms with van der Waals surface area (Å²) in [5.74, 6) is 2.21. The first-order valence-electron chi connectivity index (χ1n) is 5.48. The zero-order valence-corrected chi connectivity index (χ0v) is 9.26. The van der Waals surface area contributed by atoms with Crippen LogP contribution in [0.25, 0.3) is 0 Å². The van der Waals surface area contributed by atoms with Crippen LogP contribution in [0.3, 0.4) is 0 Å². The van der Waals surface area contributed by atoms with Crippen LogP contribution >= 0.6 is 11.6 Å². The van der Waals surface area contributed by atoms with E-state index in [4.69, 9.17) is 16.3 Å². The Labute approximate surface area is 94.6 Å². The Morgan fingerprint density at radius 1 is 1.33 bits per heavy atom. The molecule has 0 aromatic heterocycles. The first-order chi connectivity index (χ1) is 7.36. The maximum Gasteiger partial charge on any atom is 0.141 e. The van der Waals surface area contributed by atoms with Crippen molar-refractivity contribution in [3.05, 3.63) is 28.8 Å². The number of halogens is 1. The number of fused-ring (bicyclic) bond motifs is 3. The van der Waals surface area contributed by atoms with Crippen molar-refractivity contribution in [3.63, 3.8) is 0 Å². The van der Waals surface area contributed by atoms with Crippen molar-refractivity contribution in [1.82, 2.24) is 5.32 Å². The van der Waals surface area contributed by atoms with Gasteiger partial charge in [-0.15, -0.1) is 0 Å². The molecule has 2 heterocycles. The van der Waals surface area contributed by atoms with Gasteiger partial charge >= 0.3 is 0 Å². The monoisotopic (exact) mass is 223 g/mol. The second-order valence-corrected chi connectivity index (χ2v) is 4.73. The Morgan fingerprint density at radius 2 is 2.27 bits per heavy atom. The Bertz CT molecular complexity index is 380. The molecule has 0 amide bonds. The molecule has 1 saturated heterocycles. The fourth-order valence-corrected chi connectivity index (χ4v) is 2.92. The van der Waals surface area contributed by atoms with E-state index in [2.05, 4.69) is 11.4 Å². The summed E-state index contributed by atoms with van der Waals surface area (Å²) >= 11 is 6.16. The van der Waals surface area contributed by atoms with Gasteiger partial charge in [-0.1, -0.05) is 23.7 Å². The van der Waals surface area contributed by atoms with E-state index in [-0.39, 0.29) is 0 Å². The number of hydrogen-bond donors (Lipinski definition) is 1. The Kier molecular flexibility index (Phi) is 2.33. The van der Waals surface area contributed by atoms with E-state index in [0.29, 0.717) is 11.8 Å². The van der Waals surface area contributed by atoms with Gasteiger partial charge in [0, 0.05) is 18.0 Å². The van der Waals surface area contributed by atoms with Crippen molar-refractivity contribution in [2.75, 3.05) is 19.7 Å². The highest BCUT2D eigenvalue weighted by Crippen LogP contribution is 2.41. The molecule has 0 aliphatic carbocycles. The maximum atomic E-state index is 6.16. The molecule has 0 radical (unpaired) electrons. The van der Waals surface area contributed by atoms with Crippen LogP contribution < -0.4 is 10.1 Å². The molecule has 80 valence electrons. The average molecular weight is 224 g/mol. The Hall–Kier alpha value is -0.730. The molecule has 2 nitrogen and oxygen atoms in total. The quantitative estimate of drug-likeness (QED) is 0.730. The molecule has 0 spiro atoms. The second-order valence-electron chi connectivity index (χ2n) is 4.32. The zero-order chi connectivity index (χ0) is 10.3. The lowest BCUT2D eigenvalue weighted by atomic mass is 9.87. The first kappa shape index (κ1) is 9.49. The van der Waals surface area contributed by atoms with Crippen molar-refractivity contribution in [2.24, 2.45) is 5.92 Å². The van der Waals surface area contributed by atoms with Gasteiger partial charge in [-0.2, -0.15) is 0 Å². The van der Waals surface area contributed by atoms with Crippen LogP contribution in [0, 0.1) is 5.92 Å². The fourth-order valence-electron chi connectivity index (χ4n) is 2.68. The Morgan fingerprint density at radius 3 is 3.20 bits per heavy atom. The highest BCUT2D eigenvalue weighted by atomic mass is 35.5. The van der Waals surface area contributed by atoms with Crippen molar-refractivity contribution >= 4 is 11.6 Å². The molecule has 1 N–H and O–H groups in total. The summed E-state index contributed by atoms with van der Waals surface area (Å²) in [6.45, 7) is 2.96. The van der Waals surface area contributed by atoms with Crippen LogP contribution in [0.15, 0.2) is 18.2 Å². The van der Waals surface area contributed by atoms with E-state index in [9.17, 15) is 0 Å². The molecule has 1 aromatic rings. The van der Waals surface area contributed by atoms with E-state index in [1.54, 1.807) is 0 Å². The lowest BCUT2D eigenvalue weighted by molar-refractivity contribution is 0.296. The highest BCUT2D eigenvalue weighted by molar-refractivity contribution is 6.32. The second kappa shape index (κ2) is 3.69. The van der Waals surface area contributed by atoms with Gasteiger partial charge in [-0.05, 0) is 24.9 Å². The number of rotatable bonds is 0. The van der Waals surface area contributed by atoms with Crippen LogP contribution in [-0.4, -0.2) is 19.7 Å². The molecule has 2 aliphatic heterocycles. The van der Waals surface area contributed by atoms with Crippen molar-refractivity contribution in [1.29, 1.82) is 0 Å². The summed E-state index contributed by atoms with van der Waals surface area (Å²) in [4.78, 5) is 0. The zero-order valence-electron chi connectivity index (χ0n) is 8.50. The van der Waals surface area contributed by atoms with Crippen molar-refractivity contribution in [2.45, 2.75) is 12.3 Å². The van der Waals surface area contributed by atoms with E-state index in [0.717, 1.165) is 36.9 Å². The summed E-state index contributed by atoms with van der Waals surface area (Å²) in [7, 11) is 0. The van der Waals surface area contributed by atoms with E-state index < -0.39 is 0 Å². The van der Waals surface area contributed by atoms with Gasteiger partial charge in [0.15, 0.2) is 0 Å². The normalized spacial score (nSPS) is 28.9. The fraction of sp³-hybridized carbons (Fsp3) is 0.500. The van der Waals surface area contributed by atoms with Crippen LogP contribution in [0.4, 0.5) is 0 Å². The van der Waals surface area contributed by atoms with Crippen LogP contribution in [0.2, 0.25) is 5.02 Å². The minimum absolute atomic E-state index is 0.584. The smallest absolute Gasteiger partial charge is 0.141 e. The van der Waals surface area contributed by atoms with E-state index >= 15 is 0 Å². The van der Waals surface area contributed by atoms with Gasteiger partial charge in [0.2, 0.25) is 0 Å². The number of para-hydroxylation sites is 1. The van der Waals surface area contributed by atoms with Gasteiger partial charge in [0.05, 0.1) is 11.6 Å². The van der Waals surface area contributed by atoms with E-state index in [1.807, 2.05) is 12.1 Å². The Balaban J connectivity index is 2.09. The summed E-state index contributed by atoms with van der Waals surface area (Å²) in [6, 6.07) is 6.07. The molecule has 1 fully saturated rings. The van der Waals surface area contributed by atoms with Gasteiger partial charge in [0.25, 0.3) is 0 Å². The van der Waals surface area contributed by atoms with Crippen LogP contribution in [0.5, 0.6) is 5.75 Å². The summed E-state index contributed by atoms with van der Waals surface area (Å²) in [5.41, 5.74) is 1.29. The lowest BCUT2D eigenvalue weighted by Crippen LogP contribution is -2.11. The predicted octanol–water partition coefficient (Wildman–Crippen LogP) is 2.43. The predicted molar refractivity (Wildman–Crippen MR) is 60.7 cm³/mol. The third-order valence-electron chi connectivity index (χ3n) is 3.47. The summed E-state index contributed by atoms with van der Waals surface area (Å²) in [5, 5.41) is 4.20. The third kappa shape index (κ3) is 1.52. The highest BCUT2D eigenvalue weighted by Gasteiger charge is 2.33. The molecule has 0 bridgehead atoms. The first-order valence-corrected chi connectivity index (χ1v) is 5.86. The number of ether oxygens (including phenoxy) is 1. The number of benzene rings is 1. The minimum Gasteiger partial charge on any atom is -0.492 e. The lowest BCUT2D eigenvalue weighted by Gasteiger charge is -2.16. The molecule has 3 heteroatoms. The molecule has 1 aromatic carbocycles. The largest absolute Gasteiger partial charge is 0.492 e. The SMILES string of the molecule is Clc1cccc2c1OCC[C@H]1CNC[C@@H]21. The minimum atomic E-state index is 0.584. The van der Waals surface area contributed by atoms with Gasteiger partial charge < -0.3 is 10.1 Å². The van der Waals surface area contributed by atoms with Crippen LogP contribution in [-0.2, 0) is 0 Å². The topological polar surface area (TPSA) is 21.3 Å². The summed E-state index contributed by atoms with van der Waals surface area (Å²) in [6.07, 6.45) is 1.13. The number of nitrogens with one attached hydrogen (secondary N) is 1. The van der Waals surface area contributed by atoms with Gasteiger partial charge in [-0.3, -0.25) is 0 Å². The molecule has 0 saturated carbocycles. The molecular weight excluding hydrogens is 210 g/mol. The molecule has 0 unspecified atom stereocenters. The molecule has 2 atom stereocenters. The van der Waals surface area contributed by atoms with Crippen molar-refractivity contribution < 1.29 is 4.74 Å². The average Bonchev–Trinajstić information content (AvgIpc) is 2.62. The number of hydrogen-bond acceptors (Lipinski definition) is 2. The van der Waals surface area contributed by atoms with Gasteiger partial charge in [-0.25, -0.2) is 0 Å². The van der Waals surface area contributed by atoms with E-state index in [1.165, 1.54) is 5.56 Å². The summed E-state index contributed by atoms with van der Waals surface area (Å²) < 4.78 is 5.76. The van der Waals surface area contributed by atoms with Crippen LogP contribution in [0.1, 0.15) is 17.9 Å². The molecule has 2 aliphatic rings. The molecule has 15 heavy (non-hydrogen) atoms. The standard InChI is InChI=1S/C12H14ClNO/c13-11-3-1-2-9-10-7-14-6-8(10)4-5-15-12(9)11/h1-3,8,10,14H,4-7H2/t8-,10+/m0/s1. The van der Waals surface area contributed by atoms with Gasteiger partial charge in [0.1, 0.15) is 5.75 Å². The third-order valence-corrected chi connectivity index (χ3v) is 3.77.